The van der Waals surface area contributed by atoms with Crippen molar-refractivity contribution in [1.82, 2.24) is 15.0 Å². The summed E-state index contributed by atoms with van der Waals surface area (Å²) in [5.74, 6) is 1.83. The van der Waals surface area contributed by atoms with Crippen LogP contribution in [0.1, 0.15) is 0 Å². The number of hydrogen-bond donors (Lipinski definition) is 0. The Hall–Kier alpha value is -7.17. The lowest BCUT2D eigenvalue weighted by Crippen LogP contribution is -2.00. The molecular weight excluding hydrogens is 647 g/mol. The molecule has 0 radical (unpaired) electrons. The van der Waals surface area contributed by atoms with E-state index in [1.165, 1.54) is 11.1 Å². The van der Waals surface area contributed by atoms with Crippen LogP contribution in [0.2, 0.25) is 0 Å². The van der Waals surface area contributed by atoms with E-state index in [2.05, 4.69) is 133 Å². The van der Waals surface area contributed by atoms with Crippen LogP contribution in [-0.2, 0) is 0 Å². The van der Waals surface area contributed by atoms with E-state index in [1.807, 2.05) is 54.6 Å². The highest BCUT2D eigenvalue weighted by Gasteiger charge is 2.20. The van der Waals surface area contributed by atoms with E-state index in [0.29, 0.717) is 17.5 Å². The van der Waals surface area contributed by atoms with Crippen molar-refractivity contribution in [2.75, 3.05) is 0 Å². The van der Waals surface area contributed by atoms with Gasteiger partial charge in [-0.15, -0.1) is 0 Å². The predicted molar refractivity (Wildman–Crippen MR) is 217 cm³/mol. The highest BCUT2D eigenvalue weighted by molar-refractivity contribution is 6.21. The van der Waals surface area contributed by atoms with Crippen molar-refractivity contribution in [1.29, 1.82) is 0 Å². The molecule has 4 nitrogen and oxygen atoms in total. The number of nitrogens with zero attached hydrogens (tertiary/aromatic N) is 3. The maximum atomic E-state index is 6.66. The average Bonchev–Trinajstić information content (AvgIpc) is 3.64. The Balaban J connectivity index is 1.12. The van der Waals surface area contributed by atoms with Gasteiger partial charge in [-0.2, -0.15) is 0 Å². The van der Waals surface area contributed by atoms with Gasteiger partial charge < -0.3 is 4.42 Å². The van der Waals surface area contributed by atoms with Gasteiger partial charge in [-0.25, -0.2) is 15.0 Å². The molecular formula is C49H31N3O. The molecule has 8 aromatic carbocycles. The molecule has 0 aliphatic carbocycles. The van der Waals surface area contributed by atoms with Gasteiger partial charge in [-0.05, 0) is 57.0 Å². The van der Waals surface area contributed by atoms with Gasteiger partial charge in [0.2, 0.25) is 0 Å². The first kappa shape index (κ1) is 30.6. The lowest BCUT2D eigenvalue weighted by molar-refractivity contribution is 0.672. The fraction of sp³-hybridized carbons (Fsp3) is 0. The molecule has 2 aromatic heterocycles. The molecule has 0 spiro atoms. The van der Waals surface area contributed by atoms with Crippen LogP contribution in [0, 0.1) is 0 Å². The fourth-order valence-electron chi connectivity index (χ4n) is 7.23. The Kier molecular flexibility index (Phi) is 7.43. The van der Waals surface area contributed by atoms with Crippen LogP contribution in [0.5, 0.6) is 0 Å². The molecule has 0 aliphatic rings. The van der Waals surface area contributed by atoms with E-state index < -0.39 is 0 Å². The smallest absolute Gasteiger partial charge is 0.164 e. The first-order valence-corrected chi connectivity index (χ1v) is 17.8. The third-order valence-electron chi connectivity index (χ3n) is 9.95. The van der Waals surface area contributed by atoms with Gasteiger partial charge >= 0.3 is 0 Å². The molecule has 0 saturated carbocycles. The van der Waals surface area contributed by atoms with E-state index >= 15 is 0 Å². The Morgan fingerprint density at radius 3 is 1.36 bits per heavy atom. The summed E-state index contributed by atoms with van der Waals surface area (Å²) in [5, 5.41) is 4.11. The summed E-state index contributed by atoms with van der Waals surface area (Å²) in [6.45, 7) is 0. The van der Waals surface area contributed by atoms with Gasteiger partial charge in [0.1, 0.15) is 11.2 Å². The summed E-state index contributed by atoms with van der Waals surface area (Å²) >= 11 is 0. The van der Waals surface area contributed by atoms with E-state index in [4.69, 9.17) is 19.4 Å². The van der Waals surface area contributed by atoms with Gasteiger partial charge in [0.25, 0.3) is 0 Å². The SMILES string of the molecule is c1ccc(-c2ccc(-c3ccc(-c4nc(-c5ccccc5)nc(-c5cc6ccc(-c7ccccc7)cc6c6oc7ccccc7c56)n4)cc3)cc2)cc1. The zero-order chi connectivity index (χ0) is 35.1. The van der Waals surface area contributed by atoms with Gasteiger partial charge in [-0.3, -0.25) is 0 Å². The molecule has 0 bridgehead atoms. The second-order valence-corrected chi connectivity index (χ2v) is 13.2. The van der Waals surface area contributed by atoms with Crippen molar-refractivity contribution in [2.24, 2.45) is 0 Å². The maximum absolute atomic E-state index is 6.66. The molecule has 0 unspecified atom stereocenters. The van der Waals surface area contributed by atoms with Crippen molar-refractivity contribution in [3.8, 4) is 67.5 Å². The summed E-state index contributed by atoms with van der Waals surface area (Å²) in [6.07, 6.45) is 0. The van der Waals surface area contributed by atoms with Gasteiger partial charge in [0, 0.05) is 32.8 Å². The molecule has 0 aliphatic heterocycles. The van der Waals surface area contributed by atoms with Gasteiger partial charge in [0.05, 0.1) is 0 Å². The summed E-state index contributed by atoms with van der Waals surface area (Å²) in [4.78, 5) is 15.4. The molecule has 10 rings (SSSR count). The number of furan rings is 1. The fourth-order valence-corrected chi connectivity index (χ4v) is 7.23. The molecule has 2 heterocycles. The predicted octanol–water partition coefficient (Wildman–Crippen LogP) is 12.9. The van der Waals surface area contributed by atoms with Crippen LogP contribution in [0.15, 0.2) is 192 Å². The van der Waals surface area contributed by atoms with Crippen LogP contribution < -0.4 is 0 Å². The van der Waals surface area contributed by atoms with Crippen molar-refractivity contribution in [3.05, 3.63) is 188 Å². The minimum atomic E-state index is 0.597. The van der Waals surface area contributed by atoms with Crippen molar-refractivity contribution >= 4 is 32.7 Å². The van der Waals surface area contributed by atoms with Crippen LogP contribution in [0.25, 0.3) is 100 Å². The number of rotatable bonds is 6. The first-order valence-electron chi connectivity index (χ1n) is 17.8. The quantitative estimate of drug-likeness (QED) is 0.176. The lowest BCUT2D eigenvalue weighted by Gasteiger charge is -2.12. The number of para-hydroxylation sites is 1. The number of fused-ring (bicyclic) bond motifs is 5. The first-order chi connectivity index (χ1) is 26.2. The van der Waals surface area contributed by atoms with Crippen LogP contribution in [0.4, 0.5) is 0 Å². The van der Waals surface area contributed by atoms with E-state index in [0.717, 1.165) is 71.7 Å². The molecule has 248 valence electrons. The summed E-state index contributed by atoms with van der Waals surface area (Å²) in [7, 11) is 0. The second-order valence-electron chi connectivity index (χ2n) is 13.2. The van der Waals surface area contributed by atoms with Crippen molar-refractivity contribution in [3.63, 3.8) is 0 Å². The molecule has 0 saturated heterocycles. The zero-order valence-electron chi connectivity index (χ0n) is 28.6. The molecule has 4 heteroatoms. The molecule has 0 N–H and O–H groups in total. The average molecular weight is 678 g/mol. The molecule has 0 fully saturated rings. The summed E-state index contributed by atoms with van der Waals surface area (Å²) in [5.41, 5.74) is 11.4. The third-order valence-corrected chi connectivity index (χ3v) is 9.95. The minimum Gasteiger partial charge on any atom is -0.455 e. The van der Waals surface area contributed by atoms with E-state index in [-0.39, 0.29) is 0 Å². The number of benzene rings is 8. The molecule has 0 atom stereocenters. The second kappa shape index (κ2) is 12.9. The monoisotopic (exact) mass is 677 g/mol. The Labute approximate surface area is 306 Å². The van der Waals surface area contributed by atoms with E-state index in [9.17, 15) is 0 Å². The van der Waals surface area contributed by atoms with Gasteiger partial charge in [-0.1, -0.05) is 170 Å². The number of aromatic nitrogens is 3. The Bertz CT molecular complexity index is 2900. The third kappa shape index (κ3) is 5.63. The van der Waals surface area contributed by atoms with Crippen LogP contribution >= 0.6 is 0 Å². The molecule has 0 amide bonds. The topological polar surface area (TPSA) is 51.8 Å². The van der Waals surface area contributed by atoms with Crippen LogP contribution in [0.3, 0.4) is 0 Å². The lowest BCUT2D eigenvalue weighted by atomic mass is 9.96. The zero-order valence-corrected chi connectivity index (χ0v) is 28.6. The van der Waals surface area contributed by atoms with Crippen molar-refractivity contribution < 1.29 is 4.42 Å². The number of hydrogen-bond acceptors (Lipinski definition) is 4. The normalized spacial score (nSPS) is 11.4. The largest absolute Gasteiger partial charge is 0.455 e. The van der Waals surface area contributed by atoms with Crippen molar-refractivity contribution in [2.45, 2.75) is 0 Å². The molecule has 10 aromatic rings. The standard InChI is InChI=1S/C49H31N3O/c1-4-12-32(13-5-1)34-20-22-35(23-21-34)36-24-26-38(27-25-36)48-50-47(37-16-8-3-9-17-37)51-49(52-48)43-31-40-29-28-39(33-14-6-2-7-15-33)30-42(40)46-45(43)41-18-10-11-19-44(41)53-46/h1-31H. The van der Waals surface area contributed by atoms with E-state index in [1.54, 1.807) is 0 Å². The summed E-state index contributed by atoms with van der Waals surface area (Å²) in [6, 6.07) is 65.2. The highest BCUT2D eigenvalue weighted by Crippen LogP contribution is 2.42. The van der Waals surface area contributed by atoms with Gasteiger partial charge in [0.15, 0.2) is 17.5 Å². The van der Waals surface area contributed by atoms with Crippen LogP contribution in [-0.4, -0.2) is 15.0 Å². The summed E-state index contributed by atoms with van der Waals surface area (Å²) < 4.78 is 6.66. The maximum Gasteiger partial charge on any atom is 0.164 e. The highest BCUT2D eigenvalue weighted by atomic mass is 16.3. The molecule has 53 heavy (non-hydrogen) atoms. The minimum absolute atomic E-state index is 0.597. The Morgan fingerprint density at radius 1 is 0.321 bits per heavy atom. The Morgan fingerprint density at radius 2 is 0.755 bits per heavy atom.